The van der Waals surface area contributed by atoms with Crippen LogP contribution in [0.2, 0.25) is 0 Å². The summed E-state index contributed by atoms with van der Waals surface area (Å²) < 4.78 is 5.61. The first-order chi connectivity index (χ1) is 10.7. The fourth-order valence-electron chi connectivity index (χ4n) is 3.60. The first-order valence-corrected chi connectivity index (χ1v) is 8.66. The van der Waals surface area contributed by atoms with Crippen molar-refractivity contribution in [1.29, 1.82) is 0 Å². The number of likely N-dealkylation sites (tertiary alicyclic amines) is 1. The van der Waals surface area contributed by atoms with Gasteiger partial charge in [0.05, 0.1) is 18.5 Å². The molecule has 0 aromatic carbocycles. The van der Waals surface area contributed by atoms with Gasteiger partial charge in [0.2, 0.25) is 5.88 Å². The zero-order chi connectivity index (χ0) is 15.4. The topological polar surface area (TPSA) is 50.3 Å². The smallest absolute Gasteiger partial charge is 0.234 e. The first kappa shape index (κ1) is 15.5. The van der Waals surface area contributed by atoms with Crippen molar-refractivity contribution in [2.75, 3.05) is 25.0 Å². The van der Waals surface area contributed by atoms with E-state index in [1.807, 2.05) is 13.8 Å². The van der Waals surface area contributed by atoms with Crippen LogP contribution in [0.3, 0.4) is 0 Å². The number of hydrogen-bond donors (Lipinski definition) is 1. The summed E-state index contributed by atoms with van der Waals surface area (Å²) in [5.74, 6) is 2.35. The summed E-state index contributed by atoms with van der Waals surface area (Å²) in [7, 11) is 0. The van der Waals surface area contributed by atoms with E-state index in [1.54, 1.807) is 12.4 Å². The number of ether oxygens (including phenoxy) is 1. The molecular formula is C17H28N4O. The van der Waals surface area contributed by atoms with Crippen molar-refractivity contribution >= 4 is 5.82 Å². The van der Waals surface area contributed by atoms with Crippen LogP contribution < -0.4 is 10.1 Å². The van der Waals surface area contributed by atoms with Crippen molar-refractivity contribution in [3.05, 3.63) is 12.4 Å². The van der Waals surface area contributed by atoms with E-state index >= 15 is 0 Å². The second-order valence-corrected chi connectivity index (χ2v) is 6.95. The van der Waals surface area contributed by atoms with Crippen LogP contribution in [-0.2, 0) is 0 Å². The van der Waals surface area contributed by atoms with Crippen LogP contribution >= 0.6 is 0 Å². The van der Waals surface area contributed by atoms with Gasteiger partial charge in [-0.2, -0.15) is 4.98 Å². The van der Waals surface area contributed by atoms with E-state index in [2.05, 4.69) is 20.2 Å². The van der Waals surface area contributed by atoms with Gasteiger partial charge in [-0.25, -0.2) is 0 Å². The van der Waals surface area contributed by atoms with Gasteiger partial charge in [0.15, 0.2) is 0 Å². The van der Waals surface area contributed by atoms with Crippen LogP contribution in [0.4, 0.5) is 5.82 Å². The molecule has 1 aliphatic heterocycles. The summed E-state index contributed by atoms with van der Waals surface area (Å²) >= 11 is 0. The van der Waals surface area contributed by atoms with Gasteiger partial charge in [0.25, 0.3) is 0 Å². The molecule has 0 amide bonds. The minimum absolute atomic E-state index is 0.123. The molecule has 0 bridgehead atoms. The second kappa shape index (κ2) is 7.27. The molecule has 5 nitrogen and oxygen atoms in total. The molecule has 1 N–H and O–H groups in total. The molecule has 122 valence electrons. The Kier molecular flexibility index (Phi) is 5.13. The summed E-state index contributed by atoms with van der Waals surface area (Å²) in [4.78, 5) is 11.3. The molecule has 2 heterocycles. The van der Waals surface area contributed by atoms with Gasteiger partial charge in [-0.3, -0.25) is 4.98 Å². The predicted octanol–water partition coefficient (Wildman–Crippen LogP) is 2.94. The third kappa shape index (κ3) is 4.32. The Morgan fingerprint density at radius 2 is 2.09 bits per heavy atom. The average Bonchev–Trinajstić information content (AvgIpc) is 3.11. The third-order valence-corrected chi connectivity index (χ3v) is 4.58. The lowest BCUT2D eigenvalue weighted by atomic mass is 10.1. The van der Waals surface area contributed by atoms with Crippen molar-refractivity contribution in [1.82, 2.24) is 14.9 Å². The molecule has 5 heteroatoms. The maximum Gasteiger partial charge on any atom is 0.234 e. The number of rotatable bonds is 6. The highest BCUT2D eigenvalue weighted by molar-refractivity contribution is 5.35. The largest absolute Gasteiger partial charge is 0.474 e. The SMILES string of the molecule is CC(C)Oc1cncc(NC2CCN(CC3CCCC3)C2)n1. The normalized spacial score (nSPS) is 23.3. The average molecular weight is 304 g/mol. The Hall–Kier alpha value is -1.36. The molecule has 1 aromatic heterocycles. The zero-order valence-electron chi connectivity index (χ0n) is 13.8. The van der Waals surface area contributed by atoms with Crippen molar-refractivity contribution in [3.63, 3.8) is 0 Å². The van der Waals surface area contributed by atoms with E-state index in [-0.39, 0.29) is 6.10 Å². The lowest BCUT2D eigenvalue weighted by Crippen LogP contribution is -2.30. The van der Waals surface area contributed by atoms with Gasteiger partial charge >= 0.3 is 0 Å². The minimum Gasteiger partial charge on any atom is -0.474 e. The molecule has 0 radical (unpaired) electrons. The van der Waals surface area contributed by atoms with Crippen molar-refractivity contribution in [2.45, 2.75) is 58.1 Å². The lowest BCUT2D eigenvalue weighted by molar-refractivity contribution is 0.232. The standard InChI is InChI=1S/C17H28N4O/c1-13(2)22-17-10-18-9-16(20-17)19-15-7-8-21(12-15)11-14-5-3-4-6-14/h9-10,13-15H,3-8,11-12H2,1-2H3,(H,19,20). The van der Waals surface area contributed by atoms with Crippen LogP contribution in [0.5, 0.6) is 5.88 Å². The van der Waals surface area contributed by atoms with Crippen LogP contribution in [0, 0.1) is 5.92 Å². The van der Waals surface area contributed by atoms with E-state index in [0.29, 0.717) is 11.9 Å². The van der Waals surface area contributed by atoms with Crippen molar-refractivity contribution in [2.24, 2.45) is 5.92 Å². The molecule has 2 aliphatic rings. The number of anilines is 1. The Labute approximate surface area is 133 Å². The fourth-order valence-corrected chi connectivity index (χ4v) is 3.60. The van der Waals surface area contributed by atoms with E-state index in [9.17, 15) is 0 Å². The summed E-state index contributed by atoms with van der Waals surface area (Å²) in [5, 5.41) is 3.51. The van der Waals surface area contributed by atoms with Gasteiger partial charge in [0, 0.05) is 25.7 Å². The van der Waals surface area contributed by atoms with Crippen molar-refractivity contribution in [3.8, 4) is 5.88 Å². The molecule has 22 heavy (non-hydrogen) atoms. The second-order valence-electron chi connectivity index (χ2n) is 6.95. The van der Waals surface area contributed by atoms with E-state index in [1.165, 1.54) is 45.2 Å². The predicted molar refractivity (Wildman–Crippen MR) is 88.2 cm³/mol. The number of nitrogens with one attached hydrogen (secondary N) is 1. The monoisotopic (exact) mass is 304 g/mol. The fraction of sp³-hybridized carbons (Fsp3) is 0.765. The number of aromatic nitrogens is 2. The molecule has 1 atom stereocenters. The molecule has 1 saturated heterocycles. The quantitative estimate of drug-likeness (QED) is 0.875. The van der Waals surface area contributed by atoms with Crippen LogP contribution in [0.1, 0.15) is 46.0 Å². The maximum absolute atomic E-state index is 5.61. The Bertz CT molecular complexity index is 473. The molecule has 1 saturated carbocycles. The Morgan fingerprint density at radius 3 is 2.86 bits per heavy atom. The van der Waals surface area contributed by atoms with Crippen LogP contribution in [0.15, 0.2) is 12.4 Å². The molecule has 1 aromatic rings. The summed E-state index contributed by atoms with van der Waals surface area (Å²) in [6, 6.07) is 0.477. The molecule has 1 unspecified atom stereocenters. The number of hydrogen-bond acceptors (Lipinski definition) is 5. The Balaban J connectivity index is 1.49. The third-order valence-electron chi connectivity index (χ3n) is 4.58. The first-order valence-electron chi connectivity index (χ1n) is 8.66. The number of nitrogens with zero attached hydrogens (tertiary/aromatic N) is 3. The molecule has 0 spiro atoms. The summed E-state index contributed by atoms with van der Waals surface area (Å²) in [6.45, 7) is 7.59. The summed E-state index contributed by atoms with van der Waals surface area (Å²) in [6.07, 6.45) is 10.5. The van der Waals surface area contributed by atoms with E-state index < -0.39 is 0 Å². The Morgan fingerprint density at radius 1 is 1.27 bits per heavy atom. The molecular weight excluding hydrogens is 276 g/mol. The molecule has 1 aliphatic carbocycles. The summed E-state index contributed by atoms with van der Waals surface area (Å²) in [5.41, 5.74) is 0. The van der Waals surface area contributed by atoms with Crippen LogP contribution in [-0.4, -0.2) is 46.6 Å². The zero-order valence-corrected chi connectivity index (χ0v) is 13.8. The minimum atomic E-state index is 0.123. The highest BCUT2D eigenvalue weighted by atomic mass is 16.5. The van der Waals surface area contributed by atoms with Crippen LogP contribution in [0.25, 0.3) is 0 Å². The lowest BCUT2D eigenvalue weighted by Gasteiger charge is -2.20. The molecule has 2 fully saturated rings. The van der Waals surface area contributed by atoms with E-state index in [4.69, 9.17) is 4.74 Å². The van der Waals surface area contributed by atoms with Gasteiger partial charge in [0.1, 0.15) is 5.82 Å². The van der Waals surface area contributed by atoms with E-state index in [0.717, 1.165) is 18.3 Å². The van der Waals surface area contributed by atoms with Crippen molar-refractivity contribution < 1.29 is 4.74 Å². The highest BCUT2D eigenvalue weighted by Crippen LogP contribution is 2.27. The maximum atomic E-state index is 5.61. The highest BCUT2D eigenvalue weighted by Gasteiger charge is 2.26. The van der Waals surface area contributed by atoms with Gasteiger partial charge < -0.3 is 15.0 Å². The van der Waals surface area contributed by atoms with Gasteiger partial charge in [-0.05, 0) is 39.0 Å². The van der Waals surface area contributed by atoms with Gasteiger partial charge in [-0.1, -0.05) is 12.8 Å². The molecule has 3 rings (SSSR count). The van der Waals surface area contributed by atoms with Gasteiger partial charge in [-0.15, -0.1) is 0 Å².